The minimum absolute atomic E-state index is 0. The van der Waals surface area contributed by atoms with Crippen LogP contribution in [0.1, 0.15) is 25.0 Å². The molecule has 1 aromatic rings. The first kappa shape index (κ1) is 11.6. The molecular weight excluding hydrogens is 163 g/mol. The molecule has 1 N–H and O–H groups in total. The second kappa shape index (κ2) is 5.24. The maximum Gasteiger partial charge on any atom is 0.187 e. The second-order valence-electron chi connectivity index (χ2n) is 2.62. The Morgan fingerprint density at radius 2 is 1.83 bits per heavy atom. The van der Waals surface area contributed by atoms with Crippen LogP contribution in [-0.4, -0.2) is 22.5 Å². The molecule has 0 unspecified atom stereocenters. The smallest absolute Gasteiger partial charge is 0.187 e. The van der Waals surface area contributed by atoms with Crippen LogP contribution in [0.5, 0.6) is 5.75 Å². The van der Waals surface area contributed by atoms with Crippen LogP contribution in [0.15, 0.2) is 18.2 Å². The van der Waals surface area contributed by atoms with Gasteiger partial charge in [0, 0.05) is 0 Å². The number of hydrogen-bond acceptors (Lipinski definition) is 1. The Kier molecular flexibility index (Phi) is 5.05. The van der Waals surface area contributed by atoms with Gasteiger partial charge in [0.1, 0.15) is 5.75 Å². The van der Waals surface area contributed by atoms with E-state index in [1.54, 1.807) is 6.07 Å². The Hall–Kier alpha value is -0.448. The molecule has 0 bridgehead atoms. The van der Waals surface area contributed by atoms with Crippen LogP contribution in [0.25, 0.3) is 0 Å². The normalized spacial score (nSPS) is 9.17. The number of benzene rings is 1. The van der Waals surface area contributed by atoms with Gasteiger partial charge in [0.15, 0.2) is 17.4 Å². The summed E-state index contributed by atoms with van der Waals surface area (Å²) >= 11 is 0. The Morgan fingerprint density at radius 1 is 1.17 bits per heavy atom. The zero-order valence-corrected chi connectivity index (χ0v) is 7.09. The quantitative estimate of drug-likeness (QED) is 0.681. The summed E-state index contributed by atoms with van der Waals surface area (Å²) in [5, 5.41) is 9.42. The fourth-order valence-corrected chi connectivity index (χ4v) is 1.36. The molecule has 0 aliphatic rings. The SMILES string of the molecule is CCc1cccc(O)c1CC.[AlH3]. The molecule has 1 rings (SSSR count). The van der Waals surface area contributed by atoms with Crippen LogP contribution >= 0.6 is 0 Å². The van der Waals surface area contributed by atoms with Gasteiger partial charge in [-0.2, -0.15) is 0 Å². The number of hydrogen-bond donors (Lipinski definition) is 1. The van der Waals surface area contributed by atoms with Gasteiger partial charge in [-0.15, -0.1) is 0 Å². The van der Waals surface area contributed by atoms with Crippen molar-refractivity contribution in [1.82, 2.24) is 0 Å². The number of aryl methyl sites for hydroxylation is 1. The van der Waals surface area contributed by atoms with Gasteiger partial charge in [-0.05, 0) is 30.0 Å². The molecule has 0 aromatic heterocycles. The van der Waals surface area contributed by atoms with Crippen LogP contribution in [0, 0.1) is 0 Å². The van der Waals surface area contributed by atoms with Gasteiger partial charge in [-0.1, -0.05) is 26.0 Å². The molecule has 0 amide bonds. The number of aromatic hydroxyl groups is 1. The summed E-state index contributed by atoms with van der Waals surface area (Å²) in [5.41, 5.74) is 2.35. The molecular formula is C10H17AlO. The van der Waals surface area contributed by atoms with E-state index in [1.807, 2.05) is 6.07 Å². The molecule has 0 aliphatic carbocycles. The molecule has 0 aliphatic heterocycles. The molecule has 1 nitrogen and oxygen atoms in total. The average molecular weight is 180 g/mol. The predicted octanol–water partition coefficient (Wildman–Crippen LogP) is 1.33. The maximum absolute atomic E-state index is 9.42. The molecule has 0 fully saturated rings. The molecule has 12 heavy (non-hydrogen) atoms. The van der Waals surface area contributed by atoms with Crippen molar-refractivity contribution in [2.75, 3.05) is 0 Å². The molecule has 0 spiro atoms. The lowest BCUT2D eigenvalue weighted by atomic mass is 10.0. The average Bonchev–Trinajstić information content (AvgIpc) is 2.04. The zero-order valence-electron chi connectivity index (χ0n) is 7.09. The fraction of sp³-hybridized carbons (Fsp3) is 0.400. The minimum Gasteiger partial charge on any atom is -0.508 e. The molecule has 66 valence electrons. The number of phenols is 1. The van der Waals surface area contributed by atoms with Gasteiger partial charge in [-0.25, -0.2) is 0 Å². The fourth-order valence-electron chi connectivity index (χ4n) is 1.36. The van der Waals surface area contributed by atoms with Crippen molar-refractivity contribution in [3.05, 3.63) is 29.3 Å². The van der Waals surface area contributed by atoms with E-state index in [4.69, 9.17) is 0 Å². The highest BCUT2D eigenvalue weighted by Gasteiger charge is 2.02. The summed E-state index contributed by atoms with van der Waals surface area (Å²) in [4.78, 5) is 0. The first-order valence-corrected chi connectivity index (χ1v) is 4.09. The van der Waals surface area contributed by atoms with Crippen LogP contribution in [0.4, 0.5) is 0 Å². The molecule has 0 radical (unpaired) electrons. The zero-order chi connectivity index (χ0) is 8.27. The maximum atomic E-state index is 9.42. The molecule has 1 aromatic carbocycles. The van der Waals surface area contributed by atoms with Crippen molar-refractivity contribution in [3.63, 3.8) is 0 Å². The summed E-state index contributed by atoms with van der Waals surface area (Å²) in [6.07, 6.45) is 1.91. The van der Waals surface area contributed by atoms with Gasteiger partial charge >= 0.3 is 0 Å². The van der Waals surface area contributed by atoms with Crippen LogP contribution < -0.4 is 0 Å². The van der Waals surface area contributed by atoms with E-state index in [9.17, 15) is 5.11 Å². The van der Waals surface area contributed by atoms with Crippen molar-refractivity contribution in [2.24, 2.45) is 0 Å². The van der Waals surface area contributed by atoms with E-state index in [2.05, 4.69) is 19.9 Å². The lowest BCUT2D eigenvalue weighted by Crippen LogP contribution is -1.90. The third-order valence-electron chi connectivity index (χ3n) is 1.98. The van der Waals surface area contributed by atoms with Crippen LogP contribution in [0.3, 0.4) is 0 Å². The Morgan fingerprint density at radius 3 is 2.25 bits per heavy atom. The van der Waals surface area contributed by atoms with Crippen LogP contribution in [-0.2, 0) is 12.8 Å². The lowest BCUT2D eigenvalue weighted by molar-refractivity contribution is 0.468. The third-order valence-corrected chi connectivity index (χ3v) is 1.98. The Bertz CT molecular complexity index is 246. The van der Waals surface area contributed by atoms with Crippen molar-refractivity contribution in [3.8, 4) is 5.75 Å². The molecule has 0 saturated carbocycles. The van der Waals surface area contributed by atoms with Gasteiger partial charge in [-0.3, -0.25) is 0 Å². The Labute approximate surface area is 84.6 Å². The second-order valence-corrected chi connectivity index (χ2v) is 2.62. The number of phenolic OH excluding ortho intramolecular Hbond substituents is 1. The van der Waals surface area contributed by atoms with E-state index >= 15 is 0 Å². The largest absolute Gasteiger partial charge is 0.508 e. The first-order chi connectivity index (χ1) is 5.29. The minimum atomic E-state index is 0. The van der Waals surface area contributed by atoms with E-state index in [0.717, 1.165) is 18.4 Å². The summed E-state index contributed by atoms with van der Waals surface area (Å²) in [6, 6.07) is 5.71. The van der Waals surface area contributed by atoms with Gasteiger partial charge in [0.05, 0.1) is 0 Å². The lowest BCUT2D eigenvalue weighted by Gasteiger charge is -2.06. The van der Waals surface area contributed by atoms with E-state index < -0.39 is 0 Å². The summed E-state index contributed by atoms with van der Waals surface area (Å²) in [7, 11) is 0. The van der Waals surface area contributed by atoms with Crippen molar-refractivity contribution in [1.29, 1.82) is 0 Å². The van der Waals surface area contributed by atoms with Crippen molar-refractivity contribution in [2.45, 2.75) is 26.7 Å². The third kappa shape index (κ3) is 2.27. The van der Waals surface area contributed by atoms with Crippen molar-refractivity contribution < 1.29 is 5.11 Å². The van der Waals surface area contributed by atoms with Gasteiger partial charge in [0.2, 0.25) is 0 Å². The topological polar surface area (TPSA) is 20.2 Å². The number of rotatable bonds is 2. The van der Waals surface area contributed by atoms with Gasteiger partial charge in [0.25, 0.3) is 0 Å². The Balaban J connectivity index is 0.00000121. The highest BCUT2D eigenvalue weighted by Crippen LogP contribution is 2.21. The monoisotopic (exact) mass is 180 g/mol. The van der Waals surface area contributed by atoms with Gasteiger partial charge < -0.3 is 5.11 Å². The predicted molar refractivity (Wildman–Crippen MR) is 56.8 cm³/mol. The highest BCUT2D eigenvalue weighted by molar-refractivity contribution is 5.75. The summed E-state index contributed by atoms with van der Waals surface area (Å²) < 4.78 is 0. The van der Waals surface area contributed by atoms with Crippen molar-refractivity contribution >= 4 is 17.4 Å². The standard InChI is InChI=1S/C10H14O.Al.3H/c1-3-8-6-5-7-10(11)9(8)4-2;;;;/h5-7,11H,3-4H2,1-2H3;;;;. The molecule has 2 heteroatoms. The van der Waals surface area contributed by atoms with E-state index in [0.29, 0.717) is 5.75 Å². The van der Waals surface area contributed by atoms with E-state index in [1.165, 1.54) is 5.56 Å². The summed E-state index contributed by atoms with van der Waals surface area (Å²) in [6.45, 7) is 4.17. The van der Waals surface area contributed by atoms with E-state index in [-0.39, 0.29) is 17.4 Å². The van der Waals surface area contributed by atoms with Crippen LogP contribution in [0.2, 0.25) is 0 Å². The molecule has 0 heterocycles. The molecule has 0 atom stereocenters. The summed E-state index contributed by atoms with van der Waals surface area (Å²) in [5.74, 6) is 0.437. The first-order valence-electron chi connectivity index (χ1n) is 4.09. The highest BCUT2D eigenvalue weighted by atomic mass is 27.0. The molecule has 0 saturated heterocycles.